The fourth-order valence-electron chi connectivity index (χ4n) is 1.74. The third kappa shape index (κ3) is 3.17. The highest BCUT2D eigenvalue weighted by atomic mass is 35.5. The number of hydrogen-bond donors (Lipinski definition) is 0. The van der Waals surface area contributed by atoms with E-state index in [0.717, 1.165) is 24.3 Å². The molecule has 0 fully saturated rings. The fraction of sp³-hybridized carbons (Fsp3) is 0.0714. The van der Waals surface area contributed by atoms with Crippen molar-refractivity contribution in [2.45, 2.75) is 6.18 Å². The second kappa shape index (κ2) is 5.25. The Morgan fingerprint density at radius 2 is 1.70 bits per heavy atom. The van der Waals surface area contributed by atoms with Gasteiger partial charge in [0.15, 0.2) is 0 Å². The minimum absolute atomic E-state index is 0.112. The van der Waals surface area contributed by atoms with Crippen molar-refractivity contribution in [3.05, 3.63) is 59.4 Å². The van der Waals surface area contributed by atoms with Crippen LogP contribution < -0.4 is 0 Å². The van der Waals surface area contributed by atoms with Crippen molar-refractivity contribution >= 4 is 16.8 Å². The van der Waals surface area contributed by atoms with Gasteiger partial charge in [0.2, 0.25) is 0 Å². The van der Waals surface area contributed by atoms with Gasteiger partial charge in [0.1, 0.15) is 5.82 Å². The van der Waals surface area contributed by atoms with Gasteiger partial charge in [-0.3, -0.25) is 4.79 Å². The Balaban J connectivity index is 2.54. The predicted octanol–water partition coefficient (Wildman–Crippen LogP) is 4.89. The van der Waals surface area contributed by atoms with Crippen molar-refractivity contribution in [1.82, 2.24) is 0 Å². The largest absolute Gasteiger partial charge is 0.416 e. The summed E-state index contributed by atoms with van der Waals surface area (Å²) in [6, 6.07) is 7.62. The second-order valence-corrected chi connectivity index (χ2v) is 4.42. The zero-order chi connectivity index (χ0) is 14.9. The van der Waals surface area contributed by atoms with Crippen LogP contribution in [-0.2, 0) is 6.18 Å². The number of hydrogen-bond acceptors (Lipinski definition) is 1. The van der Waals surface area contributed by atoms with E-state index in [9.17, 15) is 22.4 Å². The fourth-order valence-corrected chi connectivity index (χ4v) is 1.85. The van der Waals surface area contributed by atoms with Crippen molar-refractivity contribution in [2.24, 2.45) is 0 Å². The summed E-state index contributed by atoms with van der Waals surface area (Å²) in [5.41, 5.74) is -0.657. The monoisotopic (exact) mass is 302 g/mol. The number of halogens is 5. The number of rotatable bonds is 2. The molecule has 0 N–H and O–H groups in total. The third-order valence-corrected chi connectivity index (χ3v) is 2.87. The van der Waals surface area contributed by atoms with E-state index in [-0.39, 0.29) is 16.7 Å². The van der Waals surface area contributed by atoms with Crippen molar-refractivity contribution in [1.29, 1.82) is 0 Å². The van der Waals surface area contributed by atoms with E-state index in [0.29, 0.717) is 0 Å². The van der Waals surface area contributed by atoms with Crippen molar-refractivity contribution in [2.75, 3.05) is 0 Å². The van der Waals surface area contributed by atoms with E-state index in [1.165, 1.54) is 18.2 Å². The maximum absolute atomic E-state index is 13.4. The molecule has 0 saturated carbocycles. The summed E-state index contributed by atoms with van der Waals surface area (Å²) in [5.74, 6) is -0.746. The Bertz CT molecular complexity index is 664. The number of alkyl halides is 3. The first-order valence-electron chi connectivity index (χ1n) is 5.45. The molecule has 0 aliphatic rings. The minimum atomic E-state index is -4.49. The van der Waals surface area contributed by atoms with Gasteiger partial charge in [0, 0.05) is 5.56 Å². The van der Waals surface area contributed by atoms with Crippen LogP contribution in [0.4, 0.5) is 17.6 Å². The van der Waals surface area contributed by atoms with E-state index in [1.807, 2.05) is 0 Å². The van der Waals surface area contributed by atoms with Gasteiger partial charge < -0.3 is 0 Å². The summed E-state index contributed by atoms with van der Waals surface area (Å²) in [5, 5.41) is -0.877. The Morgan fingerprint density at radius 3 is 2.30 bits per heavy atom. The molecule has 2 rings (SSSR count). The zero-order valence-corrected chi connectivity index (χ0v) is 10.6. The molecule has 2 aromatic carbocycles. The van der Waals surface area contributed by atoms with Crippen LogP contribution in [-0.4, -0.2) is 5.24 Å². The van der Waals surface area contributed by atoms with Gasteiger partial charge in [0.25, 0.3) is 5.24 Å². The lowest BCUT2D eigenvalue weighted by molar-refractivity contribution is -0.137. The molecular weight excluding hydrogens is 296 g/mol. The summed E-state index contributed by atoms with van der Waals surface area (Å²) in [7, 11) is 0. The molecule has 0 radical (unpaired) electrons. The molecule has 0 heterocycles. The highest BCUT2D eigenvalue weighted by molar-refractivity contribution is 6.67. The van der Waals surface area contributed by atoms with Crippen LogP contribution in [0.3, 0.4) is 0 Å². The summed E-state index contributed by atoms with van der Waals surface area (Å²) in [6.07, 6.45) is -4.49. The van der Waals surface area contributed by atoms with Gasteiger partial charge in [-0.05, 0) is 53.1 Å². The Labute approximate surface area is 116 Å². The summed E-state index contributed by atoms with van der Waals surface area (Å²) in [6.45, 7) is 0. The number of carbonyl (C=O) groups excluding carboxylic acids is 1. The SMILES string of the molecule is O=C(Cl)c1cc(F)cc(-c2cccc(C(F)(F)F)c2)c1. The maximum atomic E-state index is 13.4. The first-order valence-corrected chi connectivity index (χ1v) is 5.83. The summed E-state index contributed by atoms with van der Waals surface area (Å²) < 4.78 is 51.2. The van der Waals surface area contributed by atoms with Crippen LogP contribution in [0.2, 0.25) is 0 Å². The topological polar surface area (TPSA) is 17.1 Å². The van der Waals surface area contributed by atoms with E-state index < -0.39 is 22.8 Å². The molecule has 20 heavy (non-hydrogen) atoms. The zero-order valence-electron chi connectivity index (χ0n) is 9.84. The van der Waals surface area contributed by atoms with E-state index in [1.54, 1.807) is 0 Å². The van der Waals surface area contributed by atoms with Crippen molar-refractivity contribution in [3.8, 4) is 11.1 Å². The lowest BCUT2D eigenvalue weighted by Gasteiger charge is -2.09. The smallest absolute Gasteiger partial charge is 0.276 e. The number of benzene rings is 2. The molecule has 0 saturated heterocycles. The summed E-state index contributed by atoms with van der Waals surface area (Å²) >= 11 is 5.25. The molecule has 0 aliphatic heterocycles. The van der Waals surface area contributed by atoms with Crippen LogP contribution in [0.5, 0.6) is 0 Å². The molecule has 0 amide bonds. The third-order valence-electron chi connectivity index (χ3n) is 2.65. The Hall–Kier alpha value is -1.88. The average Bonchev–Trinajstić information content (AvgIpc) is 2.37. The number of carbonyl (C=O) groups is 1. The van der Waals surface area contributed by atoms with Crippen LogP contribution in [0.25, 0.3) is 11.1 Å². The van der Waals surface area contributed by atoms with E-state index in [2.05, 4.69) is 0 Å². The lowest BCUT2D eigenvalue weighted by Crippen LogP contribution is -2.04. The van der Waals surface area contributed by atoms with Crippen LogP contribution >= 0.6 is 11.6 Å². The quantitative estimate of drug-likeness (QED) is 0.570. The molecular formula is C14H7ClF4O. The molecule has 104 valence electrons. The van der Waals surface area contributed by atoms with Gasteiger partial charge in [-0.15, -0.1) is 0 Å². The molecule has 6 heteroatoms. The normalized spacial score (nSPS) is 11.4. The molecule has 0 spiro atoms. The van der Waals surface area contributed by atoms with Crippen molar-refractivity contribution < 1.29 is 22.4 Å². The Morgan fingerprint density at radius 1 is 1.00 bits per heavy atom. The van der Waals surface area contributed by atoms with Crippen LogP contribution in [0, 0.1) is 5.82 Å². The van der Waals surface area contributed by atoms with Gasteiger partial charge in [0.05, 0.1) is 5.56 Å². The van der Waals surface area contributed by atoms with Gasteiger partial charge >= 0.3 is 6.18 Å². The molecule has 1 nitrogen and oxygen atoms in total. The standard InChI is InChI=1S/C14H7ClF4O/c15-13(20)10-4-9(6-12(16)7-10)8-2-1-3-11(5-8)14(17,18)19/h1-7H. The molecule has 0 aliphatic carbocycles. The minimum Gasteiger partial charge on any atom is -0.276 e. The highest BCUT2D eigenvalue weighted by Crippen LogP contribution is 2.32. The van der Waals surface area contributed by atoms with E-state index >= 15 is 0 Å². The first kappa shape index (κ1) is 14.5. The second-order valence-electron chi connectivity index (χ2n) is 4.08. The van der Waals surface area contributed by atoms with E-state index in [4.69, 9.17) is 11.6 Å². The first-order chi connectivity index (χ1) is 9.27. The molecule has 2 aromatic rings. The molecule has 0 unspecified atom stereocenters. The van der Waals surface area contributed by atoms with Gasteiger partial charge in [-0.25, -0.2) is 4.39 Å². The molecule has 0 aromatic heterocycles. The van der Waals surface area contributed by atoms with Gasteiger partial charge in [-0.1, -0.05) is 12.1 Å². The highest BCUT2D eigenvalue weighted by Gasteiger charge is 2.30. The predicted molar refractivity (Wildman–Crippen MR) is 67.0 cm³/mol. The lowest BCUT2D eigenvalue weighted by atomic mass is 10.0. The van der Waals surface area contributed by atoms with Gasteiger partial charge in [-0.2, -0.15) is 13.2 Å². The maximum Gasteiger partial charge on any atom is 0.416 e. The van der Waals surface area contributed by atoms with Crippen molar-refractivity contribution in [3.63, 3.8) is 0 Å². The van der Waals surface area contributed by atoms with Crippen LogP contribution in [0.1, 0.15) is 15.9 Å². The summed E-state index contributed by atoms with van der Waals surface area (Å²) in [4.78, 5) is 11.0. The molecule has 0 atom stereocenters. The molecule has 0 bridgehead atoms. The average molecular weight is 303 g/mol. The Kier molecular flexibility index (Phi) is 3.81. The van der Waals surface area contributed by atoms with Crippen LogP contribution in [0.15, 0.2) is 42.5 Å².